The summed E-state index contributed by atoms with van der Waals surface area (Å²) in [6.45, 7) is 1.30. The van der Waals surface area contributed by atoms with Crippen molar-refractivity contribution in [3.63, 3.8) is 0 Å². The summed E-state index contributed by atoms with van der Waals surface area (Å²) in [6, 6.07) is 11.7. The molecule has 1 atom stereocenters. The van der Waals surface area contributed by atoms with Crippen LogP contribution in [0.25, 0.3) is 16.9 Å². The molecule has 0 radical (unpaired) electrons. The maximum absolute atomic E-state index is 9.48. The molecule has 7 nitrogen and oxygen atoms in total. The van der Waals surface area contributed by atoms with Crippen LogP contribution in [0.2, 0.25) is 0 Å². The number of nitrogen functional groups attached to an aromatic ring is 1. The van der Waals surface area contributed by atoms with Gasteiger partial charge in [-0.3, -0.25) is 0 Å². The molecule has 3 heterocycles. The fraction of sp³-hybridized carbons (Fsp3) is 0.250. The van der Waals surface area contributed by atoms with Gasteiger partial charge in [0.2, 0.25) is 0 Å². The molecule has 0 spiro atoms. The van der Waals surface area contributed by atoms with E-state index in [2.05, 4.69) is 16.2 Å². The molecule has 1 aromatic carbocycles. The molecule has 7 heteroatoms. The molecule has 27 heavy (non-hydrogen) atoms. The van der Waals surface area contributed by atoms with Crippen LogP contribution >= 0.6 is 0 Å². The van der Waals surface area contributed by atoms with E-state index in [1.807, 2.05) is 36.5 Å². The zero-order chi connectivity index (χ0) is 18.8. The number of hydrogen-bond acceptors (Lipinski definition) is 6. The zero-order valence-corrected chi connectivity index (χ0v) is 14.9. The van der Waals surface area contributed by atoms with Crippen LogP contribution in [0.1, 0.15) is 23.5 Å². The molecule has 1 saturated heterocycles. The van der Waals surface area contributed by atoms with Crippen molar-refractivity contribution < 1.29 is 9.47 Å². The Bertz CT molecular complexity index is 998. The first-order chi connectivity index (χ1) is 13.2. The van der Waals surface area contributed by atoms with Crippen LogP contribution in [0.4, 0.5) is 5.82 Å². The second-order valence-electron chi connectivity index (χ2n) is 6.40. The molecule has 1 fully saturated rings. The highest BCUT2D eigenvalue weighted by atomic mass is 16.5. The first-order valence-electron chi connectivity index (χ1n) is 8.67. The maximum atomic E-state index is 9.48. The molecular formula is C20H19N5O2. The average molecular weight is 361 g/mol. The SMILES string of the molecule is COc1ccc(-n2cc(-c3cc([C@@H]4CCOC4)c(C#N)c(N)n3)cn2)cc1. The van der Waals surface area contributed by atoms with Crippen molar-refractivity contribution in [3.8, 4) is 28.8 Å². The minimum atomic E-state index is 0.167. The van der Waals surface area contributed by atoms with Gasteiger partial charge in [-0.1, -0.05) is 0 Å². The lowest BCUT2D eigenvalue weighted by Gasteiger charge is -2.13. The van der Waals surface area contributed by atoms with E-state index in [4.69, 9.17) is 15.2 Å². The van der Waals surface area contributed by atoms with Gasteiger partial charge in [0.1, 0.15) is 17.6 Å². The molecule has 0 saturated carbocycles. The van der Waals surface area contributed by atoms with Gasteiger partial charge >= 0.3 is 0 Å². The fourth-order valence-electron chi connectivity index (χ4n) is 3.29. The van der Waals surface area contributed by atoms with E-state index < -0.39 is 0 Å². The van der Waals surface area contributed by atoms with E-state index >= 15 is 0 Å². The summed E-state index contributed by atoms with van der Waals surface area (Å²) >= 11 is 0. The molecular weight excluding hydrogens is 342 g/mol. The number of nitrogens with zero attached hydrogens (tertiary/aromatic N) is 4. The number of ether oxygens (including phenoxy) is 2. The number of rotatable bonds is 4. The Labute approximate surface area is 157 Å². The Balaban J connectivity index is 1.71. The minimum absolute atomic E-state index is 0.167. The van der Waals surface area contributed by atoms with Gasteiger partial charge in [-0.15, -0.1) is 0 Å². The quantitative estimate of drug-likeness (QED) is 0.767. The minimum Gasteiger partial charge on any atom is -0.497 e. The topological polar surface area (TPSA) is 99.0 Å². The largest absolute Gasteiger partial charge is 0.497 e. The van der Waals surface area contributed by atoms with Gasteiger partial charge in [0.05, 0.1) is 36.9 Å². The number of pyridine rings is 1. The normalized spacial score (nSPS) is 16.2. The summed E-state index contributed by atoms with van der Waals surface area (Å²) in [6.07, 6.45) is 4.51. The van der Waals surface area contributed by atoms with Crippen LogP contribution in [-0.2, 0) is 4.74 Å². The van der Waals surface area contributed by atoms with Crippen molar-refractivity contribution in [2.24, 2.45) is 0 Å². The second kappa shape index (κ2) is 7.09. The molecule has 1 aliphatic rings. The molecule has 3 aromatic rings. The highest BCUT2D eigenvalue weighted by Gasteiger charge is 2.24. The van der Waals surface area contributed by atoms with Gasteiger partial charge in [0.25, 0.3) is 0 Å². The van der Waals surface area contributed by atoms with E-state index in [1.54, 1.807) is 18.0 Å². The number of methoxy groups -OCH3 is 1. The standard InChI is InChI=1S/C20H19N5O2/c1-26-16-4-2-15(3-5-16)25-11-14(10-23-25)19-8-17(13-6-7-27-12-13)18(9-21)20(22)24-19/h2-5,8,10-11,13H,6-7,12H2,1H3,(H2,22,24)/t13-/m1/s1. The summed E-state index contributed by atoms with van der Waals surface area (Å²) in [5, 5.41) is 13.9. The molecule has 0 bridgehead atoms. The lowest BCUT2D eigenvalue weighted by Crippen LogP contribution is -2.06. The van der Waals surface area contributed by atoms with Gasteiger partial charge in [0, 0.05) is 24.3 Å². The Morgan fingerprint density at radius 3 is 2.81 bits per heavy atom. The third-order valence-corrected chi connectivity index (χ3v) is 4.77. The first-order valence-corrected chi connectivity index (χ1v) is 8.67. The van der Waals surface area contributed by atoms with Crippen LogP contribution in [-0.4, -0.2) is 35.1 Å². The first kappa shape index (κ1) is 17.1. The molecule has 2 aromatic heterocycles. The predicted molar refractivity (Wildman–Crippen MR) is 101 cm³/mol. The Hall–Kier alpha value is -3.37. The van der Waals surface area contributed by atoms with Gasteiger partial charge < -0.3 is 15.2 Å². The van der Waals surface area contributed by atoms with Crippen LogP contribution in [0, 0.1) is 11.3 Å². The Morgan fingerprint density at radius 2 is 2.15 bits per heavy atom. The number of anilines is 1. The lowest BCUT2D eigenvalue weighted by molar-refractivity contribution is 0.194. The van der Waals surface area contributed by atoms with Gasteiger partial charge in [0.15, 0.2) is 0 Å². The third kappa shape index (κ3) is 3.23. The average Bonchev–Trinajstić information content (AvgIpc) is 3.39. The van der Waals surface area contributed by atoms with Crippen molar-refractivity contribution in [2.45, 2.75) is 12.3 Å². The predicted octanol–water partition coefficient (Wildman–Crippen LogP) is 2.90. The Kier molecular flexibility index (Phi) is 4.48. The fourth-order valence-corrected chi connectivity index (χ4v) is 3.29. The van der Waals surface area contributed by atoms with Crippen LogP contribution in [0.5, 0.6) is 5.75 Å². The molecule has 4 rings (SSSR count). The molecule has 136 valence electrons. The van der Waals surface area contributed by atoms with Crippen LogP contribution < -0.4 is 10.5 Å². The van der Waals surface area contributed by atoms with Crippen molar-refractivity contribution >= 4 is 5.82 Å². The smallest absolute Gasteiger partial charge is 0.142 e. The highest BCUT2D eigenvalue weighted by molar-refractivity contribution is 5.66. The molecule has 0 amide bonds. The molecule has 0 aliphatic carbocycles. The summed E-state index contributed by atoms with van der Waals surface area (Å²) in [5.41, 5.74) is 9.86. The van der Waals surface area contributed by atoms with Crippen molar-refractivity contribution in [2.75, 3.05) is 26.1 Å². The van der Waals surface area contributed by atoms with Crippen molar-refractivity contribution in [3.05, 3.63) is 53.9 Å². The van der Waals surface area contributed by atoms with E-state index in [9.17, 15) is 5.26 Å². The number of nitriles is 1. The monoisotopic (exact) mass is 361 g/mol. The van der Waals surface area contributed by atoms with Gasteiger partial charge in [-0.05, 0) is 42.3 Å². The third-order valence-electron chi connectivity index (χ3n) is 4.77. The Morgan fingerprint density at radius 1 is 1.33 bits per heavy atom. The highest BCUT2D eigenvalue weighted by Crippen LogP contribution is 2.33. The van der Waals surface area contributed by atoms with E-state index in [1.165, 1.54) is 0 Å². The lowest BCUT2D eigenvalue weighted by atomic mass is 9.93. The zero-order valence-electron chi connectivity index (χ0n) is 14.9. The number of benzene rings is 1. The number of aromatic nitrogens is 3. The van der Waals surface area contributed by atoms with E-state index in [-0.39, 0.29) is 11.7 Å². The second-order valence-corrected chi connectivity index (χ2v) is 6.40. The number of hydrogen-bond donors (Lipinski definition) is 1. The molecule has 2 N–H and O–H groups in total. The number of nitrogens with two attached hydrogens (primary N) is 1. The molecule has 1 aliphatic heterocycles. The van der Waals surface area contributed by atoms with Gasteiger partial charge in [-0.25, -0.2) is 9.67 Å². The van der Waals surface area contributed by atoms with Crippen LogP contribution in [0.3, 0.4) is 0 Å². The summed E-state index contributed by atoms with van der Waals surface area (Å²) in [5.74, 6) is 1.20. The van der Waals surface area contributed by atoms with E-state index in [0.717, 1.165) is 29.0 Å². The summed E-state index contributed by atoms with van der Waals surface area (Å²) < 4.78 is 12.4. The summed E-state index contributed by atoms with van der Waals surface area (Å²) in [4.78, 5) is 4.42. The van der Waals surface area contributed by atoms with Crippen molar-refractivity contribution in [1.82, 2.24) is 14.8 Å². The van der Waals surface area contributed by atoms with Gasteiger partial charge in [-0.2, -0.15) is 10.4 Å². The van der Waals surface area contributed by atoms with Crippen molar-refractivity contribution in [1.29, 1.82) is 5.26 Å². The molecule has 0 unspecified atom stereocenters. The van der Waals surface area contributed by atoms with E-state index in [0.29, 0.717) is 24.5 Å². The summed E-state index contributed by atoms with van der Waals surface area (Å²) in [7, 11) is 1.63. The van der Waals surface area contributed by atoms with Crippen LogP contribution in [0.15, 0.2) is 42.7 Å². The maximum Gasteiger partial charge on any atom is 0.142 e.